The highest BCUT2D eigenvalue weighted by Crippen LogP contribution is 2.32. The maximum atomic E-state index is 13.1. The molecule has 1 heterocycles. The van der Waals surface area contributed by atoms with Gasteiger partial charge < -0.3 is 20.9 Å². The highest BCUT2D eigenvalue weighted by atomic mass is 16.2. The summed E-state index contributed by atoms with van der Waals surface area (Å²) >= 11 is 0. The number of rotatable bonds is 7. The molecule has 3 fully saturated rings. The quantitative estimate of drug-likeness (QED) is 0.232. The minimum atomic E-state index is 0.0242. The molecule has 0 aliphatic heterocycles. The molecule has 0 unspecified atom stereocenters. The summed E-state index contributed by atoms with van der Waals surface area (Å²) in [7, 11) is 0. The molecule has 4 N–H and O–H groups in total. The van der Waals surface area contributed by atoms with E-state index in [4.69, 9.17) is 4.98 Å². The minimum absolute atomic E-state index is 0.0242. The van der Waals surface area contributed by atoms with E-state index in [-0.39, 0.29) is 35.5 Å². The molecule has 0 bridgehead atoms. The third-order valence-electron chi connectivity index (χ3n) is 9.42. The standard InChI is InChI=1S/C34H43N5O3/c40-32(22-10-4-1-5-11-22)35-26-16-17-29-30(21-26)39-31(38-29)25-18-27(36-33(41)23-12-6-2-7-13-23)20-28(19-25)37-34(42)24-14-8-3-9-15-24/h16-24H,1-15H2,(H,35,40)(H,36,41)(H,37,42)(H,38,39). The van der Waals surface area contributed by atoms with Crippen molar-refractivity contribution in [2.45, 2.75) is 96.3 Å². The van der Waals surface area contributed by atoms with Gasteiger partial charge in [-0.2, -0.15) is 0 Å². The number of benzene rings is 2. The van der Waals surface area contributed by atoms with Crippen LogP contribution in [0.3, 0.4) is 0 Å². The number of hydrogen-bond donors (Lipinski definition) is 4. The Bertz CT molecular complexity index is 1380. The van der Waals surface area contributed by atoms with Gasteiger partial charge in [-0.05, 0) is 74.9 Å². The Balaban J connectivity index is 1.25. The van der Waals surface area contributed by atoms with Crippen LogP contribution in [0.1, 0.15) is 96.3 Å². The Morgan fingerprint density at radius 1 is 0.571 bits per heavy atom. The number of H-pyrrole nitrogens is 1. The molecular weight excluding hydrogens is 526 g/mol. The summed E-state index contributed by atoms with van der Waals surface area (Å²) in [4.78, 5) is 47.3. The average molecular weight is 570 g/mol. The molecule has 1 aromatic heterocycles. The minimum Gasteiger partial charge on any atom is -0.338 e. The number of amides is 3. The zero-order valence-electron chi connectivity index (χ0n) is 24.5. The van der Waals surface area contributed by atoms with Crippen molar-refractivity contribution in [3.8, 4) is 11.4 Å². The molecule has 222 valence electrons. The molecule has 3 aliphatic carbocycles. The van der Waals surface area contributed by atoms with E-state index in [1.807, 2.05) is 36.4 Å². The summed E-state index contributed by atoms with van der Waals surface area (Å²) in [5.74, 6) is 0.947. The fraction of sp³-hybridized carbons (Fsp3) is 0.529. The van der Waals surface area contributed by atoms with E-state index < -0.39 is 0 Å². The highest BCUT2D eigenvalue weighted by Gasteiger charge is 2.24. The fourth-order valence-corrected chi connectivity index (χ4v) is 6.96. The van der Waals surface area contributed by atoms with Gasteiger partial charge in [-0.15, -0.1) is 0 Å². The van der Waals surface area contributed by atoms with Gasteiger partial charge in [0.05, 0.1) is 11.0 Å². The second-order valence-electron chi connectivity index (χ2n) is 12.6. The lowest BCUT2D eigenvalue weighted by Gasteiger charge is -2.22. The van der Waals surface area contributed by atoms with E-state index in [2.05, 4.69) is 20.9 Å². The van der Waals surface area contributed by atoms with Crippen LogP contribution in [0.2, 0.25) is 0 Å². The highest BCUT2D eigenvalue weighted by molar-refractivity contribution is 5.98. The second-order valence-corrected chi connectivity index (χ2v) is 12.6. The van der Waals surface area contributed by atoms with Crippen LogP contribution < -0.4 is 16.0 Å². The third-order valence-corrected chi connectivity index (χ3v) is 9.42. The topological polar surface area (TPSA) is 116 Å². The van der Waals surface area contributed by atoms with Crippen molar-refractivity contribution in [3.05, 3.63) is 36.4 Å². The van der Waals surface area contributed by atoms with Crippen molar-refractivity contribution < 1.29 is 14.4 Å². The van der Waals surface area contributed by atoms with Crippen LogP contribution in [-0.4, -0.2) is 27.7 Å². The first-order valence-corrected chi connectivity index (χ1v) is 16.1. The first kappa shape index (κ1) is 28.4. The Morgan fingerprint density at radius 3 is 1.50 bits per heavy atom. The van der Waals surface area contributed by atoms with Gasteiger partial charge in [0.15, 0.2) is 0 Å². The van der Waals surface area contributed by atoms with E-state index in [1.165, 1.54) is 19.3 Å². The Kier molecular flexibility index (Phi) is 8.87. The van der Waals surface area contributed by atoms with Gasteiger partial charge in [-0.3, -0.25) is 14.4 Å². The van der Waals surface area contributed by atoms with E-state index in [0.29, 0.717) is 17.2 Å². The van der Waals surface area contributed by atoms with Crippen LogP contribution >= 0.6 is 0 Å². The van der Waals surface area contributed by atoms with Gasteiger partial charge in [0.25, 0.3) is 0 Å². The molecule has 3 amide bonds. The number of aromatic amines is 1. The molecule has 0 radical (unpaired) electrons. The molecule has 0 spiro atoms. The van der Waals surface area contributed by atoms with Crippen LogP contribution in [0, 0.1) is 17.8 Å². The number of aromatic nitrogens is 2. The monoisotopic (exact) mass is 569 g/mol. The number of fused-ring (bicyclic) bond motifs is 1. The van der Waals surface area contributed by atoms with Crippen LogP contribution in [0.25, 0.3) is 22.4 Å². The second kappa shape index (κ2) is 13.1. The number of imidazole rings is 1. The average Bonchev–Trinajstić information content (AvgIpc) is 3.46. The summed E-state index contributed by atoms with van der Waals surface area (Å²) in [5, 5.41) is 9.36. The fourth-order valence-electron chi connectivity index (χ4n) is 6.96. The Labute approximate surface area is 247 Å². The predicted octanol–water partition coefficient (Wildman–Crippen LogP) is 7.79. The lowest BCUT2D eigenvalue weighted by Crippen LogP contribution is -2.26. The van der Waals surface area contributed by atoms with Crippen LogP contribution in [0.15, 0.2) is 36.4 Å². The van der Waals surface area contributed by atoms with E-state index in [9.17, 15) is 14.4 Å². The lowest BCUT2D eigenvalue weighted by atomic mass is 9.88. The molecule has 42 heavy (non-hydrogen) atoms. The molecule has 3 aliphatic rings. The number of carbonyl (C=O) groups excluding carboxylic acids is 3. The van der Waals surface area contributed by atoms with Crippen molar-refractivity contribution in [3.63, 3.8) is 0 Å². The van der Waals surface area contributed by atoms with E-state index in [1.54, 1.807) is 0 Å². The molecule has 6 rings (SSSR count). The SMILES string of the molecule is O=C(Nc1cc(NC(=O)C2CCCCC2)cc(-c2nc3ccc(NC(=O)C4CCCCC4)cc3[nH]2)c1)C1CCCCC1. The first-order valence-electron chi connectivity index (χ1n) is 16.1. The van der Waals surface area contributed by atoms with Crippen LogP contribution in [-0.2, 0) is 14.4 Å². The van der Waals surface area contributed by atoms with Crippen molar-refractivity contribution in [1.82, 2.24) is 9.97 Å². The normalized spacial score (nSPS) is 19.0. The summed E-state index contributed by atoms with van der Waals surface area (Å²) in [6, 6.07) is 11.4. The number of carbonyl (C=O) groups is 3. The summed E-state index contributed by atoms with van der Waals surface area (Å²) in [6.45, 7) is 0. The zero-order valence-corrected chi connectivity index (χ0v) is 24.5. The van der Waals surface area contributed by atoms with Gasteiger partial charge in [-0.1, -0.05) is 57.8 Å². The molecule has 3 saturated carbocycles. The summed E-state index contributed by atoms with van der Waals surface area (Å²) in [6.07, 6.45) is 15.7. The number of nitrogens with zero attached hydrogens (tertiary/aromatic N) is 1. The van der Waals surface area contributed by atoms with E-state index in [0.717, 1.165) is 99.3 Å². The lowest BCUT2D eigenvalue weighted by molar-refractivity contribution is -0.121. The predicted molar refractivity (Wildman–Crippen MR) is 167 cm³/mol. The van der Waals surface area contributed by atoms with Gasteiger partial charge in [0, 0.05) is 40.4 Å². The molecule has 0 atom stereocenters. The molecule has 8 heteroatoms. The molecule has 0 saturated heterocycles. The Morgan fingerprint density at radius 2 is 1.02 bits per heavy atom. The van der Waals surface area contributed by atoms with Crippen LogP contribution in [0.4, 0.5) is 17.1 Å². The van der Waals surface area contributed by atoms with Gasteiger partial charge >= 0.3 is 0 Å². The first-order chi connectivity index (χ1) is 20.5. The molecular formula is C34H43N5O3. The molecule has 8 nitrogen and oxygen atoms in total. The smallest absolute Gasteiger partial charge is 0.227 e. The Hall–Kier alpha value is -3.68. The third kappa shape index (κ3) is 6.85. The molecule has 2 aromatic carbocycles. The number of anilines is 3. The zero-order chi connectivity index (χ0) is 28.9. The summed E-state index contributed by atoms with van der Waals surface area (Å²) in [5.41, 5.74) is 4.44. The maximum Gasteiger partial charge on any atom is 0.227 e. The van der Waals surface area contributed by atoms with Gasteiger partial charge in [0.2, 0.25) is 17.7 Å². The van der Waals surface area contributed by atoms with Crippen LogP contribution in [0.5, 0.6) is 0 Å². The number of hydrogen-bond acceptors (Lipinski definition) is 4. The van der Waals surface area contributed by atoms with Crippen molar-refractivity contribution in [2.24, 2.45) is 17.8 Å². The number of nitrogens with one attached hydrogen (secondary N) is 4. The van der Waals surface area contributed by atoms with Crippen molar-refractivity contribution in [2.75, 3.05) is 16.0 Å². The largest absolute Gasteiger partial charge is 0.338 e. The van der Waals surface area contributed by atoms with Crippen molar-refractivity contribution in [1.29, 1.82) is 0 Å². The van der Waals surface area contributed by atoms with E-state index >= 15 is 0 Å². The van der Waals surface area contributed by atoms with Gasteiger partial charge in [-0.25, -0.2) is 4.98 Å². The molecule has 3 aromatic rings. The van der Waals surface area contributed by atoms with Crippen molar-refractivity contribution >= 4 is 45.8 Å². The van der Waals surface area contributed by atoms with Gasteiger partial charge in [0.1, 0.15) is 5.82 Å². The maximum absolute atomic E-state index is 13.1. The summed E-state index contributed by atoms with van der Waals surface area (Å²) < 4.78 is 0.